The largest absolute Gasteiger partial charge is 0.458 e. The van der Waals surface area contributed by atoms with Crippen LogP contribution in [-0.4, -0.2) is 6.54 Å². The number of rotatable bonds is 6. The quantitative estimate of drug-likeness (QED) is 0.753. The maximum Gasteiger partial charge on any atom is 0.154 e. The molecule has 104 valence electrons. The van der Waals surface area contributed by atoms with Crippen molar-refractivity contribution in [3.63, 3.8) is 0 Å². The highest BCUT2D eigenvalue weighted by molar-refractivity contribution is 6.44. The van der Waals surface area contributed by atoms with Gasteiger partial charge in [0.2, 0.25) is 0 Å². The van der Waals surface area contributed by atoms with Crippen molar-refractivity contribution in [2.24, 2.45) is 0 Å². The molecule has 1 heterocycles. The summed E-state index contributed by atoms with van der Waals surface area (Å²) in [6.07, 6.45) is 3.26. The molecule has 0 aliphatic carbocycles. The summed E-state index contributed by atoms with van der Waals surface area (Å²) in [5.41, 5.74) is 0.684. The van der Waals surface area contributed by atoms with Gasteiger partial charge >= 0.3 is 0 Å². The normalized spacial score (nSPS) is 13.1. The lowest BCUT2D eigenvalue weighted by Crippen LogP contribution is -2.21. The highest BCUT2D eigenvalue weighted by atomic mass is 35.5. The Bertz CT molecular complexity index is 550. The molecule has 2 nitrogen and oxygen atoms in total. The van der Waals surface area contributed by atoms with Gasteiger partial charge in [-0.3, -0.25) is 0 Å². The molecular formula is C15H19Cl2NO. The van der Waals surface area contributed by atoms with Crippen LogP contribution in [0, 0.1) is 0 Å². The number of hydrogen-bond acceptors (Lipinski definition) is 2. The topological polar surface area (TPSA) is 25.2 Å². The molecule has 0 amide bonds. The molecule has 1 N–H and O–H groups in total. The summed E-state index contributed by atoms with van der Waals surface area (Å²) < 4.78 is 5.91. The van der Waals surface area contributed by atoms with Crippen LogP contribution in [0.15, 0.2) is 22.6 Å². The molecular weight excluding hydrogens is 281 g/mol. The molecule has 0 aliphatic heterocycles. The second-order valence-corrected chi connectivity index (χ2v) is 5.51. The Labute approximate surface area is 124 Å². The van der Waals surface area contributed by atoms with Crippen molar-refractivity contribution in [1.82, 2.24) is 5.32 Å². The lowest BCUT2D eigenvalue weighted by Gasteiger charge is -2.14. The van der Waals surface area contributed by atoms with Gasteiger partial charge < -0.3 is 9.73 Å². The lowest BCUT2D eigenvalue weighted by atomic mass is 10.1. The summed E-state index contributed by atoms with van der Waals surface area (Å²) in [5, 5.41) is 5.54. The number of hydrogen-bond donors (Lipinski definition) is 1. The summed E-state index contributed by atoms with van der Waals surface area (Å²) in [6, 6.07) is 6.05. The predicted octanol–water partition coefficient (Wildman–Crippen LogP) is 5.58. The second kappa shape index (κ2) is 6.65. The Hall–Kier alpha value is -0.700. The smallest absolute Gasteiger partial charge is 0.154 e. The third-order valence-electron chi connectivity index (χ3n) is 3.16. The van der Waals surface area contributed by atoms with Gasteiger partial charge in [-0.15, -0.1) is 0 Å². The molecule has 0 fully saturated rings. The second-order valence-electron chi connectivity index (χ2n) is 4.72. The Morgan fingerprint density at radius 1 is 1.21 bits per heavy atom. The Morgan fingerprint density at radius 3 is 2.68 bits per heavy atom. The molecule has 1 aromatic heterocycles. The van der Waals surface area contributed by atoms with Gasteiger partial charge in [0.25, 0.3) is 0 Å². The van der Waals surface area contributed by atoms with Crippen molar-refractivity contribution in [3.05, 3.63) is 34.0 Å². The molecule has 0 bridgehead atoms. The number of furan rings is 1. The minimum atomic E-state index is 0.243. The molecule has 2 rings (SSSR count). The van der Waals surface area contributed by atoms with E-state index in [9.17, 15) is 0 Å². The Balaban J connectivity index is 2.34. The van der Waals surface area contributed by atoms with Crippen LogP contribution in [0.5, 0.6) is 0 Å². The van der Waals surface area contributed by atoms with Crippen LogP contribution in [0.25, 0.3) is 11.0 Å². The SMILES string of the molecule is CCCNC(CCC)c1cc2ccc(Cl)c(Cl)c2o1. The molecule has 0 aliphatic rings. The molecule has 0 saturated heterocycles. The van der Waals surface area contributed by atoms with Gasteiger partial charge in [-0.05, 0) is 37.6 Å². The first-order valence-electron chi connectivity index (χ1n) is 6.78. The van der Waals surface area contributed by atoms with E-state index < -0.39 is 0 Å². The van der Waals surface area contributed by atoms with Gasteiger partial charge in [0, 0.05) is 5.39 Å². The zero-order valence-corrected chi connectivity index (χ0v) is 12.8. The molecule has 1 unspecified atom stereocenters. The van der Waals surface area contributed by atoms with Gasteiger partial charge in [0.05, 0.1) is 11.1 Å². The Kier molecular flexibility index (Phi) is 5.14. The minimum Gasteiger partial charge on any atom is -0.458 e. The first kappa shape index (κ1) is 14.7. The highest BCUT2D eigenvalue weighted by Gasteiger charge is 2.17. The van der Waals surface area contributed by atoms with Gasteiger partial charge in [-0.1, -0.05) is 43.5 Å². The lowest BCUT2D eigenvalue weighted by molar-refractivity contribution is 0.408. The predicted molar refractivity (Wildman–Crippen MR) is 82.2 cm³/mol. The van der Waals surface area contributed by atoms with Gasteiger partial charge in [0.15, 0.2) is 5.58 Å². The van der Waals surface area contributed by atoms with Crippen LogP contribution in [0.1, 0.15) is 44.9 Å². The van der Waals surface area contributed by atoms with Crippen molar-refractivity contribution in [2.75, 3.05) is 6.54 Å². The zero-order valence-electron chi connectivity index (χ0n) is 11.3. The van der Waals surface area contributed by atoms with E-state index in [1.807, 2.05) is 6.07 Å². The third-order valence-corrected chi connectivity index (χ3v) is 3.95. The first-order valence-corrected chi connectivity index (χ1v) is 7.53. The summed E-state index contributed by atoms with van der Waals surface area (Å²) in [4.78, 5) is 0. The Morgan fingerprint density at radius 2 is 2.00 bits per heavy atom. The van der Waals surface area contributed by atoms with Gasteiger partial charge in [-0.25, -0.2) is 0 Å². The van der Waals surface area contributed by atoms with E-state index in [2.05, 4.69) is 25.2 Å². The maximum atomic E-state index is 6.18. The number of fused-ring (bicyclic) bond motifs is 1. The fourth-order valence-corrected chi connectivity index (χ4v) is 2.55. The van der Waals surface area contributed by atoms with Crippen molar-refractivity contribution in [2.45, 2.75) is 39.2 Å². The fourth-order valence-electron chi connectivity index (χ4n) is 2.19. The third kappa shape index (κ3) is 3.25. The fraction of sp³-hybridized carbons (Fsp3) is 0.467. The van der Waals surface area contributed by atoms with E-state index in [1.165, 1.54) is 0 Å². The monoisotopic (exact) mass is 299 g/mol. The van der Waals surface area contributed by atoms with E-state index in [-0.39, 0.29) is 6.04 Å². The standard InChI is InChI=1S/C15H19Cl2NO/c1-3-5-12(18-8-4-2)13-9-10-6-7-11(16)14(17)15(10)19-13/h6-7,9,12,18H,3-5,8H2,1-2H3. The first-order chi connectivity index (χ1) is 9.17. The molecule has 4 heteroatoms. The summed E-state index contributed by atoms with van der Waals surface area (Å²) >= 11 is 12.2. The van der Waals surface area contributed by atoms with Crippen LogP contribution < -0.4 is 5.32 Å². The summed E-state index contributed by atoms with van der Waals surface area (Å²) in [5.74, 6) is 0.939. The maximum absolute atomic E-state index is 6.18. The van der Waals surface area contributed by atoms with Crippen molar-refractivity contribution < 1.29 is 4.42 Å². The summed E-state index contributed by atoms with van der Waals surface area (Å²) in [6.45, 7) is 5.31. The van der Waals surface area contributed by atoms with Gasteiger partial charge in [0.1, 0.15) is 10.8 Å². The van der Waals surface area contributed by atoms with Gasteiger partial charge in [-0.2, -0.15) is 0 Å². The summed E-state index contributed by atoms with van der Waals surface area (Å²) in [7, 11) is 0. The number of benzene rings is 1. The van der Waals surface area contributed by atoms with E-state index in [1.54, 1.807) is 6.07 Å². The van der Waals surface area contributed by atoms with Crippen LogP contribution in [-0.2, 0) is 0 Å². The van der Waals surface area contributed by atoms with E-state index >= 15 is 0 Å². The van der Waals surface area contributed by atoms with Crippen LogP contribution in [0.2, 0.25) is 10.0 Å². The molecule has 1 atom stereocenters. The van der Waals surface area contributed by atoms with Crippen LogP contribution in [0.4, 0.5) is 0 Å². The molecule has 0 radical (unpaired) electrons. The highest BCUT2D eigenvalue weighted by Crippen LogP contribution is 2.35. The van der Waals surface area contributed by atoms with Crippen LogP contribution >= 0.6 is 23.2 Å². The van der Waals surface area contributed by atoms with E-state index in [0.29, 0.717) is 15.6 Å². The van der Waals surface area contributed by atoms with E-state index in [0.717, 1.165) is 37.0 Å². The zero-order chi connectivity index (χ0) is 13.8. The molecule has 1 aromatic carbocycles. The molecule has 0 spiro atoms. The van der Waals surface area contributed by atoms with E-state index in [4.69, 9.17) is 27.6 Å². The average molecular weight is 300 g/mol. The number of nitrogens with one attached hydrogen (secondary N) is 1. The molecule has 2 aromatic rings. The van der Waals surface area contributed by atoms with Crippen LogP contribution in [0.3, 0.4) is 0 Å². The minimum absolute atomic E-state index is 0.243. The molecule has 19 heavy (non-hydrogen) atoms. The molecule has 0 saturated carbocycles. The number of halogens is 2. The van der Waals surface area contributed by atoms with Crippen molar-refractivity contribution in [1.29, 1.82) is 0 Å². The average Bonchev–Trinajstić information content (AvgIpc) is 2.83. The van der Waals surface area contributed by atoms with Crippen molar-refractivity contribution >= 4 is 34.2 Å². The van der Waals surface area contributed by atoms with Crippen molar-refractivity contribution in [3.8, 4) is 0 Å².